The summed E-state index contributed by atoms with van der Waals surface area (Å²) in [6, 6.07) is 8.18. The molecule has 0 saturated carbocycles. The predicted molar refractivity (Wildman–Crippen MR) is 115 cm³/mol. The first-order valence-electron chi connectivity index (χ1n) is 9.45. The van der Waals surface area contributed by atoms with E-state index in [0.29, 0.717) is 4.88 Å². The van der Waals surface area contributed by atoms with Gasteiger partial charge in [-0.3, -0.25) is 4.79 Å². The Morgan fingerprint density at radius 2 is 2.00 bits per heavy atom. The minimum atomic E-state index is -0.0426. The van der Waals surface area contributed by atoms with Crippen LogP contribution in [0.4, 0.5) is 5.82 Å². The minimum absolute atomic E-state index is 0.0426. The molecule has 1 aromatic carbocycles. The molecule has 1 amide bonds. The van der Waals surface area contributed by atoms with Crippen molar-refractivity contribution in [2.75, 3.05) is 19.0 Å². The lowest BCUT2D eigenvalue weighted by molar-refractivity contribution is 0.0943. The summed E-state index contributed by atoms with van der Waals surface area (Å²) in [5, 5.41) is 7.36. The molecule has 2 heterocycles. The third-order valence-corrected chi connectivity index (χ3v) is 5.99. The fourth-order valence-corrected chi connectivity index (χ4v) is 3.98. The SMILES string of the molecule is CCC(C)NC(=O)c1sc2ncnc(NCCc3ccc(OC)cc3)c2c1C. The number of rotatable bonds is 8. The Bertz CT molecular complexity index is 953. The van der Waals surface area contributed by atoms with Gasteiger partial charge in [0.2, 0.25) is 0 Å². The highest BCUT2D eigenvalue weighted by atomic mass is 32.1. The van der Waals surface area contributed by atoms with Gasteiger partial charge in [0.1, 0.15) is 22.7 Å². The number of benzene rings is 1. The van der Waals surface area contributed by atoms with Crippen LogP contribution in [-0.4, -0.2) is 35.6 Å². The highest BCUT2D eigenvalue weighted by Gasteiger charge is 2.20. The van der Waals surface area contributed by atoms with Crippen molar-refractivity contribution in [1.29, 1.82) is 0 Å². The number of nitrogens with one attached hydrogen (secondary N) is 2. The van der Waals surface area contributed by atoms with E-state index in [-0.39, 0.29) is 11.9 Å². The number of fused-ring (bicyclic) bond motifs is 1. The van der Waals surface area contributed by atoms with E-state index in [4.69, 9.17) is 4.74 Å². The number of thiophene rings is 1. The number of anilines is 1. The molecule has 7 heteroatoms. The molecule has 0 aliphatic rings. The number of carbonyl (C=O) groups excluding carboxylic acids is 1. The van der Waals surface area contributed by atoms with Gasteiger partial charge in [0, 0.05) is 12.6 Å². The quantitative estimate of drug-likeness (QED) is 0.595. The number of amides is 1. The first kappa shape index (κ1) is 20.1. The molecular weight excluding hydrogens is 372 g/mol. The lowest BCUT2D eigenvalue weighted by Gasteiger charge is -2.10. The van der Waals surface area contributed by atoms with Crippen LogP contribution in [0.2, 0.25) is 0 Å². The van der Waals surface area contributed by atoms with Crippen LogP contribution >= 0.6 is 11.3 Å². The normalized spacial score (nSPS) is 12.0. The van der Waals surface area contributed by atoms with Gasteiger partial charge in [-0.2, -0.15) is 0 Å². The van der Waals surface area contributed by atoms with Gasteiger partial charge in [0.25, 0.3) is 5.91 Å². The molecule has 28 heavy (non-hydrogen) atoms. The molecule has 1 atom stereocenters. The van der Waals surface area contributed by atoms with E-state index in [0.717, 1.165) is 46.7 Å². The number of nitrogens with zero attached hydrogens (tertiary/aromatic N) is 2. The maximum absolute atomic E-state index is 12.6. The molecule has 3 rings (SSSR count). The Morgan fingerprint density at radius 3 is 2.68 bits per heavy atom. The number of aromatic nitrogens is 2. The minimum Gasteiger partial charge on any atom is -0.497 e. The Labute approximate surface area is 169 Å². The molecule has 2 N–H and O–H groups in total. The summed E-state index contributed by atoms with van der Waals surface area (Å²) < 4.78 is 5.19. The summed E-state index contributed by atoms with van der Waals surface area (Å²) in [5.74, 6) is 1.58. The van der Waals surface area contributed by atoms with Gasteiger partial charge in [0.15, 0.2) is 0 Å². The Balaban J connectivity index is 1.75. The zero-order valence-electron chi connectivity index (χ0n) is 16.7. The van der Waals surface area contributed by atoms with Crippen molar-refractivity contribution >= 4 is 33.3 Å². The van der Waals surface area contributed by atoms with Crippen LogP contribution in [0.1, 0.15) is 41.1 Å². The largest absolute Gasteiger partial charge is 0.497 e. The molecule has 2 aromatic heterocycles. The summed E-state index contributed by atoms with van der Waals surface area (Å²) >= 11 is 1.42. The van der Waals surface area contributed by atoms with Gasteiger partial charge in [-0.05, 0) is 49.9 Å². The summed E-state index contributed by atoms with van der Waals surface area (Å²) in [4.78, 5) is 22.9. The van der Waals surface area contributed by atoms with E-state index in [2.05, 4.69) is 39.7 Å². The van der Waals surface area contributed by atoms with Crippen molar-refractivity contribution in [3.8, 4) is 5.75 Å². The molecule has 0 aliphatic heterocycles. The molecule has 0 saturated heterocycles. The second kappa shape index (κ2) is 9.01. The summed E-state index contributed by atoms with van der Waals surface area (Å²) in [6.45, 7) is 6.76. The molecule has 148 valence electrons. The summed E-state index contributed by atoms with van der Waals surface area (Å²) in [5.41, 5.74) is 2.14. The van der Waals surface area contributed by atoms with E-state index in [1.54, 1.807) is 13.4 Å². The second-order valence-corrected chi connectivity index (χ2v) is 7.77. The number of hydrogen-bond donors (Lipinski definition) is 2. The molecule has 6 nitrogen and oxygen atoms in total. The monoisotopic (exact) mass is 398 g/mol. The fourth-order valence-electron chi connectivity index (χ4n) is 2.93. The number of aryl methyl sites for hydroxylation is 1. The number of methoxy groups -OCH3 is 1. The zero-order chi connectivity index (χ0) is 20.1. The number of hydrogen-bond acceptors (Lipinski definition) is 6. The number of carbonyl (C=O) groups is 1. The number of ether oxygens (including phenoxy) is 1. The van der Waals surface area contributed by atoms with E-state index < -0.39 is 0 Å². The second-order valence-electron chi connectivity index (χ2n) is 6.77. The van der Waals surface area contributed by atoms with Gasteiger partial charge in [-0.25, -0.2) is 9.97 Å². The molecule has 0 fully saturated rings. The highest BCUT2D eigenvalue weighted by molar-refractivity contribution is 7.20. The molecule has 3 aromatic rings. The van der Waals surface area contributed by atoms with Crippen molar-refractivity contribution in [3.63, 3.8) is 0 Å². The Hall–Kier alpha value is -2.67. The van der Waals surface area contributed by atoms with Crippen LogP contribution in [0.3, 0.4) is 0 Å². The van der Waals surface area contributed by atoms with Gasteiger partial charge in [-0.1, -0.05) is 19.1 Å². The first-order chi connectivity index (χ1) is 13.5. The van der Waals surface area contributed by atoms with Crippen LogP contribution in [0, 0.1) is 6.92 Å². The van der Waals surface area contributed by atoms with E-state index in [1.165, 1.54) is 16.9 Å². The maximum atomic E-state index is 12.6. The van der Waals surface area contributed by atoms with Crippen molar-refractivity contribution in [2.45, 2.75) is 39.7 Å². The van der Waals surface area contributed by atoms with Crippen molar-refractivity contribution in [1.82, 2.24) is 15.3 Å². The highest BCUT2D eigenvalue weighted by Crippen LogP contribution is 2.33. The molecule has 1 unspecified atom stereocenters. The van der Waals surface area contributed by atoms with Gasteiger partial charge < -0.3 is 15.4 Å². The fraction of sp³-hybridized carbons (Fsp3) is 0.381. The average molecular weight is 399 g/mol. The summed E-state index contributed by atoms with van der Waals surface area (Å²) in [6.07, 6.45) is 3.30. The first-order valence-corrected chi connectivity index (χ1v) is 10.3. The summed E-state index contributed by atoms with van der Waals surface area (Å²) in [7, 11) is 1.66. The van der Waals surface area contributed by atoms with Crippen molar-refractivity contribution in [2.24, 2.45) is 0 Å². The molecule has 0 radical (unpaired) electrons. The molecular formula is C21H26N4O2S. The Kier molecular flexibility index (Phi) is 6.46. The van der Waals surface area contributed by atoms with Crippen LogP contribution in [0.5, 0.6) is 5.75 Å². The maximum Gasteiger partial charge on any atom is 0.261 e. The van der Waals surface area contributed by atoms with E-state index in [1.807, 2.05) is 26.0 Å². The van der Waals surface area contributed by atoms with Crippen LogP contribution in [0.15, 0.2) is 30.6 Å². The Morgan fingerprint density at radius 1 is 1.25 bits per heavy atom. The van der Waals surface area contributed by atoms with Crippen LogP contribution < -0.4 is 15.4 Å². The lowest BCUT2D eigenvalue weighted by Crippen LogP contribution is -2.31. The van der Waals surface area contributed by atoms with Crippen LogP contribution in [-0.2, 0) is 6.42 Å². The predicted octanol–water partition coefficient (Wildman–Crippen LogP) is 4.19. The van der Waals surface area contributed by atoms with Gasteiger partial charge in [0.05, 0.1) is 17.4 Å². The third-order valence-electron chi connectivity index (χ3n) is 4.79. The van der Waals surface area contributed by atoms with Gasteiger partial charge >= 0.3 is 0 Å². The van der Waals surface area contributed by atoms with E-state index in [9.17, 15) is 4.79 Å². The lowest BCUT2D eigenvalue weighted by atomic mass is 10.1. The smallest absolute Gasteiger partial charge is 0.261 e. The molecule has 0 spiro atoms. The molecule has 0 bridgehead atoms. The molecule has 0 aliphatic carbocycles. The topological polar surface area (TPSA) is 76.1 Å². The van der Waals surface area contributed by atoms with E-state index >= 15 is 0 Å². The van der Waals surface area contributed by atoms with Crippen molar-refractivity contribution < 1.29 is 9.53 Å². The third kappa shape index (κ3) is 4.42. The van der Waals surface area contributed by atoms with Crippen LogP contribution in [0.25, 0.3) is 10.2 Å². The average Bonchev–Trinajstić information content (AvgIpc) is 3.06. The zero-order valence-corrected chi connectivity index (χ0v) is 17.5. The van der Waals surface area contributed by atoms with Crippen molar-refractivity contribution in [3.05, 3.63) is 46.6 Å². The standard InChI is InChI=1S/C21H26N4O2S/c1-5-13(2)25-20(26)18-14(3)17-19(23-12-24-21(17)28-18)22-11-10-15-6-8-16(27-4)9-7-15/h6-9,12-13H,5,10-11H2,1-4H3,(H,25,26)(H,22,23,24). The van der Waals surface area contributed by atoms with Gasteiger partial charge in [-0.15, -0.1) is 11.3 Å².